The summed E-state index contributed by atoms with van der Waals surface area (Å²) in [5, 5.41) is 16.4. The molecule has 9 aromatic rings. The number of nitrogens with one attached hydrogen (secondary N) is 1. The number of sulfone groups is 3. The number of amides is 1. The molecule has 0 radical (unpaired) electrons. The lowest BCUT2D eigenvalue weighted by Gasteiger charge is -2.19. The maximum absolute atomic E-state index is 14.4. The molecule has 1 atom stereocenters. The van der Waals surface area contributed by atoms with Gasteiger partial charge in [-0.25, -0.2) is 43.1 Å². The lowest BCUT2D eigenvalue weighted by molar-refractivity contribution is -0.119. The van der Waals surface area contributed by atoms with Crippen molar-refractivity contribution in [1.29, 1.82) is 0 Å². The highest BCUT2D eigenvalue weighted by Crippen LogP contribution is 2.40. The van der Waals surface area contributed by atoms with Gasteiger partial charge in [-0.3, -0.25) is 42.9 Å². The van der Waals surface area contributed by atoms with Crippen LogP contribution in [0.3, 0.4) is 0 Å². The number of pyridine rings is 1. The molecule has 3 aliphatic rings. The number of nitrogens with zero attached hydrogens (tertiary/aromatic N) is 13. The van der Waals surface area contributed by atoms with E-state index in [0.717, 1.165) is 108 Å². The van der Waals surface area contributed by atoms with Crippen molar-refractivity contribution in [1.82, 2.24) is 68.4 Å². The number of fused-ring (bicyclic) bond motifs is 2. The second-order valence-corrected chi connectivity index (χ2v) is 43.2. The van der Waals surface area contributed by atoms with Crippen LogP contribution >= 0.6 is 0 Å². The molecule has 3 aliphatic carbocycles. The molecular weight excluding hydrogens is 1680 g/mol. The Bertz CT molecular complexity index is 5780. The molecule has 26 nitrogen and oxygen atoms in total. The smallest absolute Gasteiger partial charge is 0.283 e. The Labute approximate surface area is 737 Å². The summed E-state index contributed by atoms with van der Waals surface area (Å²) in [5.41, 5.74) is 15.7. The van der Waals surface area contributed by atoms with Gasteiger partial charge in [0.1, 0.15) is 34.7 Å². The summed E-state index contributed by atoms with van der Waals surface area (Å²) in [7, 11) is 3.02. The number of rotatable bonds is 35. The molecule has 4 aromatic carbocycles. The van der Waals surface area contributed by atoms with E-state index in [-0.39, 0.29) is 105 Å². The van der Waals surface area contributed by atoms with Crippen LogP contribution in [0.2, 0.25) is 0 Å². The van der Waals surface area contributed by atoms with E-state index < -0.39 is 80.1 Å². The summed E-state index contributed by atoms with van der Waals surface area (Å²) < 4.78 is 154. The van der Waals surface area contributed by atoms with E-state index in [1.54, 1.807) is 71.0 Å². The van der Waals surface area contributed by atoms with Crippen molar-refractivity contribution in [2.45, 2.75) is 235 Å². The Morgan fingerprint density at radius 1 is 0.464 bits per heavy atom. The zero-order valence-electron chi connectivity index (χ0n) is 76.2. The molecule has 1 saturated carbocycles. The van der Waals surface area contributed by atoms with Crippen molar-refractivity contribution in [3.63, 3.8) is 0 Å². The van der Waals surface area contributed by atoms with Crippen LogP contribution in [0, 0.1) is 17.5 Å². The van der Waals surface area contributed by atoms with Crippen LogP contribution in [0.5, 0.6) is 0 Å². The number of hydrogen-bond donors (Lipinski definition) is 1. The fourth-order valence-electron chi connectivity index (χ4n) is 16.1. The Hall–Kier alpha value is -9.22. The summed E-state index contributed by atoms with van der Waals surface area (Å²) in [6.07, 6.45) is 13.1. The first-order chi connectivity index (χ1) is 58.4. The first-order valence-electron chi connectivity index (χ1n) is 42.5. The molecule has 1 fully saturated rings. The van der Waals surface area contributed by atoms with Crippen molar-refractivity contribution >= 4 is 62.8 Å². The minimum atomic E-state index is -4.17. The molecule has 12 rings (SSSR count). The van der Waals surface area contributed by atoms with Gasteiger partial charge < -0.3 is 19.6 Å². The number of Topliss-reactive ketones (excluding diaryl/α,β-unsaturated/α-hetero) is 3. The van der Waals surface area contributed by atoms with Gasteiger partial charge >= 0.3 is 0 Å². The molecule has 125 heavy (non-hydrogen) atoms. The maximum atomic E-state index is 14.4. The Kier molecular flexibility index (Phi) is 33.6. The van der Waals surface area contributed by atoms with E-state index in [2.05, 4.69) is 36.2 Å². The molecule has 5 aromatic heterocycles. The van der Waals surface area contributed by atoms with E-state index in [4.69, 9.17) is 0 Å². The van der Waals surface area contributed by atoms with E-state index >= 15 is 0 Å². The molecule has 33 heteroatoms. The summed E-state index contributed by atoms with van der Waals surface area (Å²) in [6, 6.07) is 20.6. The van der Waals surface area contributed by atoms with Gasteiger partial charge in [-0.05, 0) is 288 Å². The normalized spacial score (nSPS) is 13.9. The second kappa shape index (κ2) is 42.1. The zero-order chi connectivity index (χ0) is 92.4. The standard InChI is InChI=1S/C24H34FN3O3S.C23H28FN5O3S.C23H31N3O3S.C22H32FN3O3S/c1-15(2)21-9-17(25)10-22(16(3)4)23(21)12-20(29)14-32(30,31)24-11-19(13-27(5)6)28(26-24)18-7-8-18;1-15(2)19-10-17(24)11-20(16-6-8-25-9-7-16)21(19)13-22(30)27-33(31,32)23-12-18(14-28(3)4)29(5)26-23;1-15(25(2)3)22-13-23(24-26(22)4)30(28,29)14-18(27)12-21-19-9-5-7-16(19)11-17-8-6-10-20(17)21;1-15(2)19-11-17(23)12-20(16(3)4)21(19)13-18(27)14-30(28,29)22-7-8-26(24-22)10-9-25(5)6/h9-11,15-16,18H,7-8,12-14H2,1-6H3;6-12,15H,13-14H2,1-5H3,(H,27,30);11,13,15H,5-10,12,14H2,1-4H3;7-8,11-12,15-16H,9-10,13-14H2,1-6H3. The highest BCUT2D eigenvalue weighted by molar-refractivity contribution is 7.92. The molecule has 1 N–H and O–H groups in total. The molecule has 1 amide bonds. The number of benzene rings is 4. The molecule has 0 aliphatic heterocycles. The molecule has 1 unspecified atom stereocenters. The summed E-state index contributed by atoms with van der Waals surface area (Å²) in [6.45, 7) is 23.7. The third kappa shape index (κ3) is 26.3. The number of sulfonamides is 1. The van der Waals surface area contributed by atoms with Gasteiger partial charge in [-0.2, -0.15) is 28.8 Å². The average Bonchev–Trinajstić information content (AvgIpc) is 1.61. The molecule has 0 bridgehead atoms. The van der Waals surface area contributed by atoms with E-state index in [1.165, 1.54) is 75.5 Å². The number of ketones is 3. The lowest BCUT2D eigenvalue weighted by Crippen LogP contribution is -2.32. The number of hydrogen-bond acceptors (Lipinski definition) is 21. The highest BCUT2D eigenvalue weighted by atomic mass is 32.2. The predicted molar refractivity (Wildman–Crippen MR) is 479 cm³/mol. The van der Waals surface area contributed by atoms with Crippen molar-refractivity contribution in [3.8, 4) is 11.1 Å². The third-order valence-electron chi connectivity index (χ3n) is 22.6. The number of carbonyl (C=O) groups is 4. The minimum Gasteiger partial charge on any atom is -0.308 e. The first-order valence-corrected chi connectivity index (χ1v) is 49.0. The predicted octanol–water partition coefficient (Wildman–Crippen LogP) is 13.1. The average molecular weight is 1800 g/mol. The Morgan fingerprint density at radius 3 is 1.34 bits per heavy atom. The van der Waals surface area contributed by atoms with Gasteiger partial charge in [0.25, 0.3) is 10.0 Å². The largest absolute Gasteiger partial charge is 0.308 e. The monoisotopic (exact) mass is 1800 g/mol. The maximum Gasteiger partial charge on any atom is 0.283 e. The van der Waals surface area contributed by atoms with Gasteiger partial charge in [0.15, 0.2) is 37.5 Å². The fraction of sp³-hybridized carbons (Fsp3) is 0.511. The second-order valence-electron chi connectivity index (χ2n) is 35.7. The summed E-state index contributed by atoms with van der Waals surface area (Å²) in [4.78, 5) is 63.3. The molecular formula is C92H125F3N14O12S4. The molecule has 0 spiro atoms. The SMILES string of the molecule is CC(C)c1cc(F)cc(-c2ccncc2)c1CC(=O)NS(=O)(=O)c1cc(CN(C)C)n(C)n1.CC(C)c1cc(F)cc(C(C)C)c1CC(=O)CS(=O)(=O)c1cc(CN(C)C)n(C2CC2)n1.CC(C)c1cc(F)cc(C(C)C)c1CC(=O)CS(=O)(=O)c1ccn(CCN(C)C)n1.CC(c1cc(S(=O)(=O)CC(=O)Cc2c3c(cc4c2CCC4)CCC3)nn1C)N(C)C. The first kappa shape index (κ1) is 99.6. The molecule has 5 heterocycles. The Balaban J connectivity index is 0.000000189. The molecule has 0 saturated heterocycles. The fourth-order valence-corrected chi connectivity index (χ4v) is 20.6. The van der Waals surface area contributed by atoms with Crippen LogP contribution in [-0.2, 0) is 144 Å². The van der Waals surface area contributed by atoms with Gasteiger partial charge in [-0.15, -0.1) is 0 Å². The van der Waals surface area contributed by atoms with Crippen molar-refractivity contribution in [3.05, 3.63) is 204 Å². The number of halogens is 3. The van der Waals surface area contributed by atoms with Crippen LogP contribution in [0.1, 0.15) is 233 Å². The quantitative estimate of drug-likeness (QED) is 0.0386. The van der Waals surface area contributed by atoms with Gasteiger partial charge in [0, 0.05) is 89.8 Å². The van der Waals surface area contributed by atoms with Gasteiger partial charge in [-0.1, -0.05) is 75.3 Å². The third-order valence-corrected chi connectivity index (χ3v) is 28.5. The van der Waals surface area contributed by atoms with Crippen LogP contribution in [0.4, 0.5) is 13.2 Å². The topological polar surface area (TPSA) is 314 Å². The summed E-state index contributed by atoms with van der Waals surface area (Å²) in [5.74, 6) is -4.61. The number of aromatic nitrogens is 9. The van der Waals surface area contributed by atoms with Gasteiger partial charge in [0.05, 0.1) is 36.1 Å². The van der Waals surface area contributed by atoms with Crippen molar-refractivity contribution in [2.24, 2.45) is 14.1 Å². The van der Waals surface area contributed by atoms with Crippen LogP contribution in [-0.4, -0.2) is 201 Å². The van der Waals surface area contributed by atoms with E-state index in [1.807, 2.05) is 152 Å². The van der Waals surface area contributed by atoms with E-state index in [0.29, 0.717) is 47.6 Å². The zero-order valence-corrected chi connectivity index (χ0v) is 79.5. The number of aryl methyl sites for hydroxylation is 4. The number of likely N-dealkylation sites (N-methyl/N-ethyl adjacent to an activating group) is 1. The van der Waals surface area contributed by atoms with Crippen LogP contribution < -0.4 is 4.72 Å². The van der Waals surface area contributed by atoms with Gasteiger partial charge in [0.2, 0.25) is 35.4 Å². The lowest BCUT2D eigenvalue weighted by atomic mass is 9.86. The molecule has 680 valence electrons. The minimum absolute atomic E-state index is 0.00873. The highest BCUT2D eigenvalue weighted by Gasteiger charge is 2.35. The van der Waals surface area contributed by atoms with Crippen LogP contribution in [0.25, 0.3) is 11.1 Å². The van der Waals surface area contributed by atoms with Crippen molar-refractivity contribution in [2.75, 3.05) is 80.2 Å². The number of carbonyl (C=O) groups excluding carboxylic acids is 4. The van der Waals surface area contributed by atoms with E-state index in [9.17, 15) is 66.0 Å². The Morgan fingerprint density at radius 2 is 0.888 bits per heavy atom. The van der Waals surface area contributed by atoms with Crippen molar-refractivity contribution < 1.29 is 66.0 Å². The van der Waals surface area contributed by atoms with Crippen LogP contribution in [0.15, 0.2) is 118 Å². The summed E-state index contributed by atoms with van der Waals surface area (Å²) >= 11 is 0.